The van der Waals surface area contributed by atoms with Gasteiger partial charge in [0.1, 0.15) is 5.01 Å². The Bertz CT molecular complexity index is 944. The summed E-state index contributed by atoms with van der Waals surface area (Å²) in [6.07, 6.45) is 1.80. The number of hydrogen-bond acceptors (Lipinski definition) is 5. The molecule has 114 valence electrons. The highest BCUT2D eigenvalue weighted by atomic mass is 32.2. The SMILES string of the molecule is Cn1c(SCc2csc(-c3ccccn3)n2)nc2ccccc21. The van der Waals surface area contributed by atoms with Crippen LogP contribution in [0, 0.1) is 0 Å². The predicted molar refractivity (Wildman–Crippen MR) is 95.6 cm³/mol. The number of rotatable bonds is 4. The van der Waals surface area contributed by atoms with Crippen LogP contribution in [-0.2, 0) is 12.8 Å². The van der Waals surface area contributed by atoms with E-state index in [0.29, 0.717) is 0 Å². The second-order valence-corrected chi connectivity index (χ2v) is 6.89. The summed E-state index contributed by atoms with van der Waals surface area (Å²) in [6.45, 7) is 0. The van der Waals surface area contributed by atoms with Crippen molar-refractivity contribution in [1.29, 1.82) is 0 Å². The third kappa shape index (κ3) is 2.87. The fraction of sp³-hybridized carbons (Fsp3) is 0.118. The van der Waals surface area contributed by atoms with E-state index in [1.165, 1.54) is 0 Å². The van der Waals surface area contributed by atoms with Gasteiger partial charge in [0.15, 0.2) is 5.16 Å². The summed E-state index contributed by atoms with van der Waals surface area (Å²) >= 11 is 3.34. The number of pyridine rings is 1. The minimum Gasteiger partial charge on any atom is -0.322 e. The first-order valence-electron chi connectivity index (χ1n) is 7.21. The first-order valence-corrected chi connectivity index (χ1v) is 9.08. The van der Waals surface area contributed by atoms with Crippen molar-refractivity contribution in [2.24, 2.45) is 7.05 Å². The first kappa shape index (κ1) is 14.4. The number of thioether (sulfide) groups is 1. The Morgan fingerprint density at radius 2 is 1.96 bits per heavy atom. The second kappa shape index (κ2) is 6.14. The van der Waals surface area contributed by atoms with Gasteiger partial charge in [0.2, 0.25) is 0 Å². The summed E-state index contributed by atoms with van der Waals surface area (Å²) in [4.78, 5) is 13.7. The molecule has 0 fully saturated rings. The van der Waals surface area contributed by atoms with E-state index >= 15 is 0 Å². The topological polar surface area (TPSA) is 43.6 Å². The van der Waals surface area contributed by atoms with Crippen LogP contribution in [0.2, 0.25) is 0 Å². The average Bonchev–Trinajstić information content (AvgIpc) is 3.19. The molecule has 3 aromatic heterocycles. The summed E-state index contributed by atoms with van der Waals surface area (Å²) in [5.74, 6) is 0.806. The molecule has 0 bridgehead atoms. The molecule has 0 aliphatic heterocycles. The molecule has 0 unspecified atom stereocenters. The molecule has 6 heteroatoms. The van der Waals surface area contributed by atoms with Crippen molar-refractivity contribution in [3.05, 3.63) is 59.7 Å². The molecule has 0 atom stereocenters. The smallest absolute Gasteiger partial charge is 0.169 e. The van der Waals surface area contributed by atoms with Crippen LogP contribution in [0.5, 0.6) is 0 Å². The van der Waals surface area contributed by atoms with E-state index in [9.17, 15) is 0 Å². The van der Waals surface area contributed by atoms with Crippen molar-refractivity contribution in [3.8, 4) is 10.7 Å². The highest BCUT2D eigenvalue weighted by Gasteiger charge is 2.10. The highest BCUT2D eigenvalue weighted by molar-refractivity contribution is 7.98. The molecule has 0 saturated heterocycles. The molecule has 4 rings (SSSR count). The van der Waals surface area contributed by atoms with E-state index in [4.69, 9.17) is 0 Å². The molecule has 0 saturated carbocycles. The van der Waals surface area contributed by atoms with Crippen molar-refractivity contribution >= 4 is 34.1 Å². The molecular weight excluding hydrogens is 324 g/mol. The number of thiazole rings is 1. The normalized spacial score (nSPS) is 11.2. The average molecular weight is 338 g/mol. The van der Waals surface area contributed by atoms with Crippen molar-refractivity contribution in [2.75, 3.05) is 0 Å². The molecule has 0 radical (unpaired) electrons. The van der Waals surface area contributed by atoms with Gasteiger partial charge in [-0.1, -0.05) is 30.0 Å². The molecule has 0 spiro atoms. The molecule has 4 nitrogen and oxygen atoms in total. The van der Waals surface area contributed by atoms with Gasteiger partial charge < -0.3 is 4.57 Å². The van der Waals surface area contributed by atoms with Crippen LogP contribution in [0.15, 0.2) is 59.2 Å². The maximum Gasteiger partial charge on any atom is 0.169 e. The van der Waals surface area contributed by atoms with Gasteiger partial charge in [-0.25, -0.2) is 9.97 Å². The number of aromatic nitrogens is 4. The quantitative estimate of drug-likeness (QED) is 0.518. The number of hydrogen-bond donors (Lipinski definition) is 0. The lowest BCUT2D eigenvalue weighted by Crippen LogP contribution is -1.91. The lowest BCUT2D eigenvalue weighted by Gasteiger charge is -2.00. The van der Waals surface area contributed by atoms with E-state index < -0.39 is 0 Å². The molecule has 0 aliphatic rings. The van der Waals surface area contributed by atoms with Crippen LogP contribution < -0.4 is 0 Å². The Kier molecular flexibility index (Phi) is 3.85. The van der Waals surface area contributed by atoms with Crippen molar-refractivity contribution in [3.63, 3.8) is 0 Å². The second-order valence-electron chi connectivity index (χ2n) is 5.09. The fourth-order valence-corrected chi connectivity index (χ4v) is 4.15. The van der Waals surface area contributed by atoms with Gasteiger partial charge in [0.25, 0.3) is 0 Å². The van der Waals surface area contributed by atoms with Crippen molar-refractivity contribution in [2.45, 2.75) is 10.9 Å². The van der Waals surface area contributed by atoms with Crippen LogP contribution in [0.25, 0.3) is 21.7 Å². The standard InChI is InChI=1S/C17H14N4S2/c1-21-15-8-3-2-6-13(15)20-17(21)23-11-12-10-22-16(19-12)14-7-4-5-9-18-14/h2-10H,11H2,1H3. The summed E-state index contributed by atoms with van der Waals surface area (Å²) in [5, 5.41) is 4.07. The third-order valence-electron chi connectivity index (χ3n) is 3.53. The van der Waals surface area contributed by atoms with E-state index in [2.05, 4.69) is 38.0 Å². The zero-order valence-electron chi connectivity index (χ0n) is 12.5. The lowest BCUT2D eigenvalue weighted by molar-refractivity contribution is 0.814. The number of aryl methyl sites for hydroxylation is 1. The third-order valence-corrected chi connectivity index (χ3v) is 5.51. The number of fused-ring (bicyclic) bond motifs is 1. The maximum atomic E-state index is 4.68. The van der Waals surface area contributed by atoms with Crippen LogP contribution in [-0.4, -0.2) is 19.5 Å². The molecule has 0 amide bonds. The molecule has 0 N–H and O–H groups in total. The zero-order chi connectivity index (χ0) is 15.6. The summed E-state index contributed by atoms with van der Waals surface area (Å²) in [5.41, 5.74) is 4.18. The molecule has 23 heavy (non-hydrogen) atoms. The van der Waals surface area contributed by atoms with Crippen LogP contribution >= 0.6 is 23.1 Å². The van der Waals surface area contributed by atoms with Crippen LogP contribution in [0.3, 0.4) is 0 Å². The van der Waals surface area contributed by atoms with E-state index in [-0.39, 0.29) is 0 Å². The lowest BCUT2D eigenvalue weighted by atomic mass is 10.3. The predicted octanol–water partition coefficient (Wildman–Crippen LogP) is 4.38. The Hall–Kier alpha value is -2.18. The Labute approximate surface area is 142 Å². The van der Waals surface area contributed by atoms with Gasteiger partial charge >= 0.3 is 0 Å². The zero-order valence-corrected chi connectivity index (χ0v) is 14.1. The number of imidazole rings is 1. The monoisotopic (exact) mass is 338 g/mol. The number of benzene rings is 1. The van der Waals surface area contributed by atoms with Gasteiger partial charge in [-0.05, 0) is 24.3 Å². The Morgan fingerprint density at radius 3 is 2.78 bits per heavy atom. The van der Waals surface area contributed by atoms with E-state index in [1.807, 2.05) is 36.4 Å². The Balaban J connectivity index is 1.53. The molecule has 4 aromatic rings. The van der Waals surface area contributed by atoms with E-state index in [1.54, 1.807) is 29.3 Å². The van der Waals surface area contributed by atoms with Crippen LogP contribution in [0.1, 0.15) is 5.69 Å². The fourth-order valence-electron chi connectivity index (χ4n) is 2.37. The van der Waals surface area contributed by atoms with Gasteiger partial charge in [-0.15, -0.1) is 11.3 Å². The summed E-state index contributed by atoms with van der Waals surface area (Å²) in [6, 6.07) is 14.1. The minimum absolute atomic E-state index is 0.806. The highest BCUT2D eigenvalue weighted by Crippen LogP contribution is 2.28. The summed E-state index contributed by atoms with van der Waals surface area (Å²) in [7, 11) is 2.05. The van der Waals surface area contributed by atoms with Gasteiger partial charge in [0.05, 0.1) is 22.4 Å². The van der Waals surface area contributed by atoms with E-state index in [0.717, 1.165) is 38.3 Å². The number of nitrogens with zero attached hydrogens (tertiary/aromatic N) is 4. The molecule has 3 heterocycles. The van der Waals surface area contributed by atoms with Crippen LogP contribution in [0.4, 0.5) is 0 Å². The number of para-hydroxylation sites is 2. The first-order chi connectivity index (χ1) is 11.3. The summed E-state index contributed by atoms with van der Waals surface area (Å²) < 4.78 is 2.13. The molecule has 1 aromatic carbocycles. The van der Waals surface area contributed by atoms with Crippen molar-refractivity contribution in [1.82, 2.24) is 19.5 Å². The largest absolute Gasteiger partial charge is 0.322 e. The van der Waals surface area contributed by atoms with Crippen molar-refractivity contribution < 1.29 is 0 Å². The minimum atomic E-state index is 0.806. The van der Waals surface area contributed by atoms with Gasteiger partial charge in [-0.2, -0.15) is 0 Å². The van der Waals surface area contributed by atoms with Gasteiger partial charge in [-0.3, -0.25) is 4.98 Å². The maximum absolute atomic E-state index is 4.68. The Morgan fingerprint density at radius 1 is 1.09 bits per heavy atom. The molecular formula is C17H14N4S2. The molecule has 0 aliphatic carbocycles. The van der Waals surface area contributed by atoms with Gasteiger partial charge in [0, 0.05) is 24.4 Å².